The zero-order valence-corrected chi connectivity index (χ0v) is 18.1. The molecule has 0 radical (unpaired) electrons. The summed E-state index contributed by atoms with van der Waals surface area (Å²) in [6, 6.07) is 19.3. The molecule has 2 aliphatic rings. The van der Waals surface area contributed by atoms with Crippen molar-refractivity contribution in [2.75, 3.05) is 5.06 Å². The molecule has 0 N–H and O–H groups in total. The molecule has 0 aromatic heterocycles. The fraction of sp³-hybridized carbons (Fsp3) is 0.167. The molecule has 5 rings (SSSR count). The van der Waals surface area contributed by atoms with Crippen LogP contribution in [0.25, 0.3) is 0 Å². The Kier molecular flexibility index (Phi) is 5.46. The molecule has 3 atom stereocenters. The van der Waals surface area contributed by atoms with Crippen molar-refractivity contribution in [2.45, 2.75) is 18.7 Å². The summed E-state index contributed by atoms with van der Waals surface area (Å²) >= 11 is 0. The van der Waals surface area contributed by atoms with Crippen LogP contribution in [0, 0.1) is 26.1 Å². The van der Waals surface area contributed by atoms with Crippen molar-refractivity contribution >= 4 is 28.9 Å². The summed E-state index contributed by atoms with van der Waals surface area (Å²) in [6.45, 7) is 0.0370. The fourth-order valence-electron chi connectivity index (χ4n) is 4.58. The molecule has 2 aliphatic heterocycles. The van der Waals surface area contributed by atoms with E-state index in [1.54, 1.807) is 30.3 Å². The largest absolute Gasteiger partial charge is 0.275 e. The third-order valence-corrected chi connectivity index (χ3v) is 6.14. The average Bonchev–Trinajstić information content (AvgIpc) is 3.36. The van der Waals surface area contributed by atoms with E-state index in [0.29, 0.717) is 0 Å². The zero-order chi connectivity index (χ0) is 24.7. The first-order valence-electron chi connectivity index (χ1n) is 10.7. The maximum absolute atomic E-state index is 13.5. The van der Waals surface area contributed by atoms with Crippen LogP contribution < -0.4 is 5.06 Å². The normalized spacial score (nSPS) is 21.3. The number of carbonyl (C=O) groups excluding carboxylic acids is 2. The lowest BCUT2D eigenvalue weighted by Crippen LogP contribution is -2.37. The number of non-ortho nitro benzene ring substituents is 1. The van der Waals surface area contributed by atoms with Crippen molar-refractivity contribution in [1.82, 2.24) is 4.90 Å². The predicted molar refractivity (Wildman–Crippen MR) is 122 cm³/mol. The molecular weight excluding hydrogens is 456 g/mol. The first-order chi connectivity index (χ1) is 16.9. The maximum Gasteiger partial charge on any atom is 0.274 e. The molecule has 3 aromatic rings. The molecule has 35 heavy (non-hydrogen) atoms. The van der Waals surface area contributed by atoms with Crippen LogP contribution in [0.15, 0.2) is 78.9 Å². The number of hydrogen-bond acceptors (Lipinski definition) is 8. The van der Waals surface area contributed by atoms with Crippen LogP contribution in [-0.2, 0) is 21.0 Å². The van der Waals surface area contributed by atoms with Crippen LogP contribution in [0.5, 0.6) is 0 Å². The van der Waals surface area contributed by atoms with E-state index in [-0.39, 0.29) is 29.2 Å². The highest BCUT2D eigenvalue weighted by molar-refractivity contribution is 6.07. The quantitative estimate of drug-likeness (QED) is 0.301. The Morgan fingerprint density at radius 1 is 0.829 bits per heavy atom. The van der Waals surface area contributed by atoms with E-state index in [9.17, 15) is 29.8 Å². The number of nitro benzene ring substituents is 2. The number of rotatable bonds is 6. The minimum Gasteiger partial charge on any atom is -0.275 e. The minimum atomic E-state index is -1.23. The van der Waals surface area contributed by atoms with Gasteiger partial charge in [0.15, 0.2) is 6.10 Å². The number of amides is 2. The van der Waals surface area contributed by atoms with Crippen LogP contribution in [0.2, 0.25) is 0 Å². The lowest BCUT2D eigenvalue weighted by Gasteiger charge is -2.28. The van der Waals surface area contributed by atoms with Gasteiger partial charge in [-0.15, -0.1) is 0 Å². The Hall–Kier alpha value is -4.64. The number of hydrogen-bond donors (Lipinski definition) is 0. The van der Waals surface area contributed by atoms with Gasteiger partial charge in [-0.1, -0.05) is 48.5 Å². The number of imide groups is 1. The molecule has 0 unspecified atom stereocenters. The second kappa shape index (κ2) is 8.61. The average molecular weight is 474 g/mol. The Morgan fingerprint density at radius 3 is 2.26 bits per heavy atom. The second-order valence-corrected chi connectivity index (χ2v) is 8.16. The first kappa shape index (κ1) is 22.2. The van der Waals surface area contributed by atoms with Crippen molar-refractivity contribution in [2.24, 2.45) is 5.92 Å². The van der Waals surface area contributed by atoms with Crippen LogP contribution >= 0.6 is 0 Å². The van der Waals surface area contributed by atoms with Gasteiger partial charge in [0.25, 0.3) is 17.3 Å². The van der Waals surface area contributed by atoms with Gasteiger partial charge in [-0.05, 0) is 17.7 Å². The van der Waals surface area contributed by atoms with Crippen LogP contribution in [0.1, 0.15) is 17.2 Å². The third-order valence-electron chi connectivity index (χ3n) is 6.14. The Balaban J connectivity index is 1.60. The summed E-state index contributed by atoms with van der Waals surface area (Å²) in [5.74, 6) is -2.17. The molecule has 11 heteroatoms. The van der Waals surface area contributed by atoms with Gasteiger partial charge in [0.05, 0.1) is 27.6 Å². The van der Waals surface area contributed by atoms with Gasteiger partial charge in [-0.2, -0.15) is 0 Å². The van der Waals surface area contributed by atoms with Crippen molar-refractivity contribution in [1.29, 1.82) is 0 Å². The lowest BCUT2D eigenvalue weighted by molar-refractivity contribution is -0.385. The molecule has 3 aromatic carbocycles. The van der Waals surface area contributed by atoms with E-state index in [0.717, 1.165) is 10.5 Å². The number of nitro groups is 2. The number of nitrogens with zero attached hydrogens (tertiary/aromatic N) is 4. The SMILES string of the molecule is O=C1[C@H]2[C@H](ON(c3cccc([N+](=O)[O-])c3)[C@@H]2c2ccccc2[N+](=O)[O-])C(=O)N1Cc1ccccc1. The third kappa shape index (κ3) is 3.77. The van der Waals surface area contributed by atoms with E-state index in [2.05, 4.69) is 0 Å². The number of likely N-dealkylation sites (tertiary alicyclic amines) is 1. The molecule has 0 aliphatic carbocycles. The molecular formula is C24H18N4O7. The Labute approximate surface area is 198 Å². The molecule has 2 saturated heterocycles. The Morgan fingerprint density at radius 2 is 1.54 bits per heavy atom. The van der Waals surface area contributed by atoms with Crippen molar-refractivity contribution in [3.63, 3.8) is 0 Å². The molecule has 0 spiro atoms. The van der Waals surface area contributed by atoms with E-state index in [1.807, 2.05) is 6.07 Å². The number of fused-ring (bicyclic) bond motifs is 1. The number of benzene rings is 3. The summed E-state index contributed by atoms with van der Waals surface area (Å²) in [5.41, 5.74) is 0.630. The van der Waals surface area contributed by atoms with Crippen LogP contribution in [0.3, 0.4) is 0 Å². The van der Waals surface area contributed by atoms with E-state index < -0.39 is 39.7 Å². The summed E-state index contributed by atoms with van der Waals surface area (Å²) in [5, 5.41) is 24.3. The van der Waals surface area contributed by atoms with Gasteiger partial charge >= 0.3 is 0 Å². The highest BCUT2D eigenvalue weighted by atomic mass is 16.7. The van der Waals surface area contributed by atoms with E-state index >= 15 is 0 Å². The summed E-state index contributed by atoms with van der Waals surface area (Å²) < 4.78 is 0. The van der Waals surface area contributed by atoms with Gasteiger partial charge < -0.3 is 0 Å². The second-order valence-electron chi connectivity index (χ2n) is 8.16. The molecule has 0 saturated carbocycles. The summed E-state index contributed by atoms with van der Waals surface area (Å²) in [6.07, 6.45) is -1.23. The topological polar surface area (TPSA) is 136 Å². The number of anilines is 1. The van der Waals surface area contributed by atoms with Gasteiger partial charge in [-0.25, -0.2) is 5.06 Å². The van der Waals surface area contributed by atoms with Crippen molar-refractivity contribution < 1.29 is 24.3 Å². The monoisotopic (exact) mass is 474 g/mol. The fourth-order valence-corrected chi connectivity index (χ4v) is 4.58. The maximum atomic E-state index is 13.5. The van der Waals surface area contributed by atoms with E-state index in [4.69, 9.17) is 4.84 Å². The molecule has 0 bridgehead atoms. The van der Waals surface area contributed by atoms with Crippen molar-refractivity contribution in [3.05, 3.63) is 110 Å². The highest BCUT2D eigenvalue weighted by Crippen LogP contribution is 2.49. The van der Waals surface area contributed by atoms with Crippen LogP contribution in [-0.4, -0.2) is 32.7 Å². The standard InChI is InChI=1S/C24H18N4O7/c29-23-20-21(18-11-4-5-12-19(18)28(33)34)26(16-9-6-10-17(13-16)27(31)32)35-22(20)24(30)25(23)14-15-7-2-1-3-8-15/h1-13,20-22H,14H2/t20-,21-,22+/m1/s1. The predicted octanol–water partition coefficient (Wildman–Crippen LogP) is 3.55. The van der Waals surface area contributed by atoms with Gasteiger partial charge in [0.1, 0.15) is 12.0 Å². The summed E-state index contributed by atoms with van der Waals surface area (Å²) in [4.78, 5) is 55.8. The Bertz CT molecular complexity index is 1350. The van der Waals surface area contributed by atoms with E-state index in [1.165, 1.54) is 47.5 Å². The van der Waals surface area contributed by atoms with Crippen LogP contribution in [0.4, 0.5) is 17.1 Å². The molecule has 176 valence electrons. The van der Waals surface area contributed by atoms with Gasteiger partial charge in [0, 0.05) is 18.2 Å². The van der Waals surface area contributed by atoms with Gasteiger partial charge in [0.2, 0.25) is 5.91 Å². The number of hydroxylamine groups is 1. The molecule has 2 fully saturated rings. The first-order valence-corrected chi connectivity index (χ1v) is 10.7. The minimum absolute atomic E-state index is 0.0370. The molecule has 11 nitrogen and oxygen atoms in total. The molecule has 2 amide bonds. The highest BCUT2D eigenvalue weighted by Gasteiger charge is 2.60. The molecule has 2 heterocycles. The number of carbonyl (C=O) groups is 2. The lowest BCUT2D eigenvalue weighted by atomic mass is 9.89. The summed E-state index contributed by atoms with van der Waals surface area (Å²) in [7, 11) is 0. The smallest absolute Gasteiger partial charge is 0.274 e. The van der Waals surface area contributed by atoms with Crippen molar-refractivity contribution in [3.8, 4) is 0 Å². The number of para-hydroxylation sites is 1. The van der Waals surface area contributed by atoms with Gasteiger partial charge in [-0.3, -0.25) is 39.6 Å². The zero-order valence-electron chi connectivity index (χ0n) is 18.1.